The van der Waals surface area contributed by atoms with Crippen LogP contribution in [-0.2, 0) is 0 Å². The lowest BCUT2D eigenvalue weighted by atomic mass is 9.96. The normalized spacial score (nSPS) is 11.5. The fourth-order valence-electron chi connectivity index (χ4n) is 7.60. The van der Waals surface area contributed by atoms with Crippen LogP contribution in [0.15, 0.2) is 200 Å². The molecule has 1 aromatic heterocycles. The van der Waals surface area contributed by atoms with E-state index in [1.54, 1.807) is 0 Å². The van der Waals surface area contributed by atoms with Crippen LogP contribution in [0, 0.1) is 0 Å². The van der Waals surface area contributed by atoms with E-state index < -0.39 is 0 Å². The van der Waals surface area contributed by atoms with Gasteiger partial charge in [-0.3, -0.25) is 0 Å². The van der Waals surface area contributed by atoms with Crippen molar-refractivity contribution >= 4 is 70.1 Å². The molecule has 0 radical (unpaired) electrons. The van der Waals surface area contributed by atoms with Crippen LogP contribution >= 0.6 is 11.3 Å². The van der Waals surface area contributed by atoms with Crippen LogP contribution in [0.25, 0.3) is 75.1 Å². The zero-order chi connectivity index (χ0) is 34.4. The lowest BCUT2D eigenvalue weighted by molar-refractivity contribution is 1.31. The van der Waals surface area contributed by atoms with Crippen LogP contribution < -0.4 is 4.90 Å². The van der Waals surface area contributed by atoms with Gasteiger partial charge in [-0.1, -0.05) is 140 Å². The maximum absolute atomic E-state index is 2.43. The van der Waals surface area contributed by atoms with E-state index in [4.69, 9.17) is 0 Å². The Bertz CT molecular complexity index is 2900. The van der Waals surface area contributed by atoms with Gasteiger partial charge in [-0.15, -0.1) is 11.3 Å². The Morgan fingerprint density at radius 3 is 1.65 bits per heavy atom. The molecule has 1 nitrogen and oxygen atoms in total. The van der Waals surface area contributed by atoms with E-state index in [0.29, 0.717) is 0 Å². The van der Waals surface area contributed by atoms with Crippen molar-refractivity contribution < 1.29 is 0 Å². The molecule has 244 valence electrons. The van der Waals surface area contributed by atoms with Crippen LogP contribution in [-0.4, -0.2) is 0 Å². The Labute approximate surface area is 307 Å². The van der Waals surface area contributed by atoms with Crippen molar-refractivity contribution in [2.45, 2.75) is 0 Å². The number of benzene rings is 9. The quantitative estimate of drug-likeness (QED) is 0.169. The van der Waals surface area contributed by atoms with Gasteiger partial charge in [0.1, 0.15) is 0 Å². The van der Waals surface area contributed by atoms with Gasteiger partial charge in [0.25, 0.3) is 0 Å². The Morgan fingerprint density at radius 1 is 0.308 bits per heavy atom. The molecule has 0 saturated carbocycles. The highest BCUT2D eigenvalue weighted by molar-refractivity contribution is 7.26. The van der Waals surface area contributed by atoms with Crippen molar-refractivity contribution in [3.05, 3.63) is 200 Å². The molecule has 10 rings (SSSR count). The highest BCUT2D eigenvalue weighted by Crippen LogP contribution is 2.45. The van der Waals surface area contributed by atoms with E-state index in [1.165, 1.54) is 80.8 Å². The minimum absolute atomic E-state index is 1.13. The number of nitrogens with zero attached hydrogens (tertiary/aromatic N) is 1. The molecule has 0 saturated heterocycles. The molecule has 0 amide bonds. The molecule has 0 N–H and O–H groups in total. The largest absolute Gasteiger partial charge is 0.310 e. The van der Waals surface area contributed by atoms with Crippen molar-refractivity contribution in [1.82, 2.24) is 0 Å². The standard InChI is InChI=1S/C50H33NS/c1-2-10-34(11-3-1)36-24-27-44(28-25-36)51(47-17-9-19-49-50(47)46-16-6-7-18-48(46)52-49)45-29-26-37-21-23-42(32-43(37)33-45)40-15-8-14-39(31-40)41-22-20-35-12-4-5-13-38(35)30-41/h1-33H. The third-order valence-electron chi connectivity index (χ3n) is 10.2. The first kappa shape index (κ1) is 30.4. The Kier molecular flexibility index (Phi) is 7.41. The summed E-state index contributed by atoms with van der Waals surface area (Å²) in [4.78, 5) is 2.43. The van der Waals surface area contributed by atoms with Gasteiger partial charge in [-0.05, 0) is 116 Å². The molecule has 9 aromatic carbocycles. The van der Waals surface area contributed by atoms with E-state index in [2.05, 4.69) is 205 Å². The van der Waals surface area contributed by atoms with Gasteiger partial charge in [0, 0.05) is 31.5 Å². The first-order valence-electron chi connectivity index (χ1n) is 17.7. The van der Waals surface area contributed by atoms with Gasteiger partial charge in [0.05, 0.1) is 5.69 Å². The number of hydrogen-bond donors (Lipinski definition) is 0. The van der Waals surface area contributed by atoms with Gasteiger partial charge in [-0.25, -0.2) is 0 Å². The molecule has 0 aliphatic heterocycles. The van der Waals surface area contributed by atoms with Crippen LogP contribution in [0.1, 0.15) is 0 Å². The summed E-state index contributed by atoms with van der Waals surface area (Å²) in [5, 5.41) is 7.52. The molecular formula is C50H33NS. The lowest BCUT2D eigenvalue weighted by Gasteiger charge is -2.27. The van der Waals surface area contributed by atoms with Gasteiger partial charge in [0.15, 0.2) is 0 Å². The molecule has 0 bridgehead atoms. The molecule has 10 aromatic rings. The van der Waals surface area contributed by atoms with Gasteiger partial charge >= 0.3 is 0 Å². The fourth-order valence-corrected chi connectivity index (χ4v) is 8.73. The van der Waals surface area contributed by atoms with E-state index in [0.717, 1.165) is 11.4 Å². The smallest absolute Gasteiger partial charge is 0.0554 e. The fraction of sp³-hybridized carbons (Fsp3) is 0. The molecule has 0 aliphatic carbocycles. The second kappa shape index (κ2) is 12.7. The topological polar surface area (TPSA) is 3.24 Å². The van der Waals surface area contributed by atoms with Gasteiger partial charge in [-0.2, -0.15) is 0 Å². The summed E-state index contributed by atoms with van der Waals surface area (Å²) in [5.41, 5.74) is 10.7. The first-order valence-corrected chi connectivity index (χ1v) is 18.6. The van der Waals surface area contributed by atoms with Gasteiger partial charge < -0.3 is 4.90 Å². The zero-order valence-electron chi connectivity index (χ0n) is 28.4. The number of rotatable bonds is 6. The van der Waals surface area contributed by atoms with E-state index in [9.17, 15) is 0 Å². The Morgan fingerprint density at radius 2 is 0.846 bits per heavy atom. The van der Waals surface area contributed by atoms with Crippen LogP contribution in [0.2, 0.25) is 0 Å². The summed E-state index contributed by atoms with van der Waals surface area (Å²) < 4.78 is 2.59. The van der Waals surface area contributed by atoms with Crippen LogP contribution in [0.3, 0.4) is 0 Å². The summed E-state index contributed by atoms with van der Waals surface area (Å²) in [7, 11) is 0. The molecule has 0 unspecified atom stereocenters. The average molecular weight is 680 g/mol. The SMILES string of the molecule is c1ccc(-c2ccc(N(c3ccc4ccc(-c5cccc(-c6ccc7ccccc7c6)c5)cc4c3)c3cccc4sc5ccccc5c34)cc2)cc1. The number of anilines is 3. The molecule has 2 heteroatoms. The average Bonchev–Trinajstić information content (AvgIpc) is 3.61. The summed E-state index contributed by atoms with van der Waals surface area (Å²) in [5.74, 6) is 0. The second-order valence-corrected chi connectivity index (χ2v) is 14.5. The molecular weight excluding hydrogens is 647 g/mol. The number of hydrogen-bond acceptors (Lipinski definition) is 2. The van der Waals surface area contributed by atoms with Crippen molar-refractivity contribution in [1.29, 1.82) is 0 Å². The second-order valence-electron chi connectivity index (χ2n) is 13.4. The van der Waals surface area contributed by atoms with Crippen LogP contribution in [0.4, 0.5) is 17.1 Å². The molecule has 0 aliphatic rings. The van der Waals surface area contributed by atoms with E-state index in [-0.39, 0.29) is 0 Å². The number of thiophene rings is 1. The van der Waals surface area contributed by atoms with Crippen molar-refractivity contribution in [2.75, 3.05) is 4.90 Å². The summed E-state index contributed by atoms with van der Waals surface area (Å²) >= 11 is 1.86. The minimum atomic E-state index is 1.13. The molecule has 0 spiro atoms. The monoisotopic (exact) mass is 679 g/mol. The molecule has 1 heterocycles. The van der Waals surface area contributed by atoms with Crippen molar-refractivity contribution in [3.63, 3.8) is 0 Å². The van der Waals surface area contributed by atoms with E-state index in [1.807, 2.05) is 11.3 Å². The van der Waals surface area contributed by atoms with Crippen molar-refractivity contribution in [2.24, 2.45) is 0 Å². The predicted octanol–water partition coefficient (Wildman–Crippen LogP) is 14.8. The summed E-state index contributed by atoms with van der Waals surface area (Å²) in [6.45, 7) is 0. The Balaban J connectivity index is 1.10. The number of fused-ring (bicyclic) bond motifs is 5. The van der Waals surface area contributed by atoms with E-state index >= 15 is 0 Å². The van der Waals surface area contributed by atoms with Crippen molar-refractivity contribution in [3.8, 4) is 33.4 Å². The molecule has 0 atom stereocenters. The summed E-state index contributed by atoms with van der Waals surface area (Å²) in [6, 6.07) is 73.0. The third-order valence-corrected chi connectivity index (χ3v) is 11.4. The molecule has 0 fully saturated rings. The van der Waals surface area contributed by atoms with Gasteiger partial charge in [0.2, 0.25) is 0 Å². The maximum atomic E-state index is 2.43. The lowest BCUT2D eigenvalue weighted by Crippen LogP contribution is -2.10. The third kappa shape index (κ3) is 5.42. The summed E-state index contributed by atoms with van der Waals surface area (Å²) in [6.07, 6.45) is 0. The highest BCUT2D eigenvalue weighted by Gasteiger charge is 2.19. The minimum Gasteiger partial charge on any atom is -0.310 e. The first-order chi connectivity index (χ1) is 25.7. The zero-order valence-corrected chi connectivity index (χ0v) is 29.2. The Hall–Kier alpha value is -6.48. The van der Waals surface area contributed by atoms with Crippen LogP contribution in [0.5, 0.6) is 0 Å². The maximum Gasteiger partial charge on any atom is 0.0554 e. The highest BCUT2D eigenvalue weighted by atomic mass is 32.1. The molecule has 52 heavy (non-hydrogen) atoms. The predicted molar refractivity (Wildman–Crippen MR) is 225 cm³/mol.